The van der Waals surface area contributed by atoms with Crippen molar-refractivity contribution in [1.29, 1.82) is 0 Å². The lowest BCUT2D eigenvalue weighted by Crippen LogP contribution is -2.60. The first-order chi connectivity index (χ1) is 27.8. The highest BCUT2D eigenvalue weighted by molar-refractivity contribution is 6.93. The van der Waals surface area contributed by atoms with E-state index in [-0.39, 0.29) is 23.2 Å². The van der Waals surface area contributed by atoms with Crippen LogP contribution in [0.15, 0.2) is 146 Å². The van der Waals surface area contributed by atoms with Crippen molar-refractivity contribution in [2.45, 2.75) is 69.7 Å². The van der Waals surface area contributed by atoms with E-state index in [0.29, 0.717) is 0 Å². The molecule has 0 bridgehead atoms. The minimum absolute atomic E-state index is 0.0106. The van der Waals surface area contributed by atoms with Crippen LogP contribution in [0.2, 0.25) is 0 Å². The third-order valence-electron chi connectivity index (χ3n) is 15.5. The smallest absolute Gasteiger partial charge is 0.333 e. The van der Waals surface area contributed by atoms with Crippen molar-refractivity contribution in [3.63, 3.8) is 0 Å². The summed E-state index contributed by atoms with van der Waals surface area (Å²) < 4.78 is 2.63. The lowest BCUT2D eigenvalue weighted by molar-refractivity contribution is 0.195. The van der Waals surface area contributed by atoms with Gasteiger partial charge in [-0.3, -0.25) is 0 Å². The van der Waals surface area contributed by atoms with Crippen molar-refractivity contribution in [2.24, 2.45) is 0 Å². The van der Waals surface area contributed by atoms with Gasteiger partial charge in [-0.15, -0.1) is 0 Å². The molecule has 5 aliphatic rings. The first-order valence-electron chi connectivity index (χ1n) is 21.0. The largest absolute Gasteiger partial charge is 0.376 e. The van der Waals surface area contributed by atoms with Gasteiger partial charge in [-0.05, 0) is 113 Å². The van der Waals surface area contributed by atoms with Crippen molar-refractivity contribution in [3.05, 3.63) is 162 Å². The van der Waals surface area contributed by atoms with Crippen LogP contribution in [-0.2, 0) is 10.8 Å². The summed E-state index contributed by atoms with van der Waals surface area (Å²) >= 11 is 0. The van der Waals surface area contributed by atoms with Gasteiger partial charge in [-0.2, -0.15) is 0 Å². The molecule has 1 aromatic heterocycles. The first kappa shape index (κ1) is 32.1. The molecule has 2 aliphatic carbocycles. The Morgan fingerprint density at radius 2 is 1.21 bits per heavy atom. The average Bonchev–Trinajstić information content (AvgIpc) is 3.79. The Morgan fingerprint density at radius 1 is 0.526 bits per heavy atom. The Bertz CT molecular complexity index is 3070. The van der Waals surface area contributed by atoms with Gasteiger partial charge in [0, 0.05) is 49.9 Å². The number of hydrogen-bond acceptors (Lipinski definition) is 2. The van der Waals surface area contributed by atoms with Gasteiger partial charge < -0.3 is 14.3 Å². The van der Waals surface area contributed by atoms with Crippen molar-refractivity contribution in [2.75, 3.05) is 9.71 Å². The number of para-hydroxylation sites is 4. The van der Waals surface area contributed by atoms with Crippen LogP contribution in [0.25, 0.3) is 49.7 Å². The molecular formula is C53H44BN3. The lowest BCUT2D eigenvalue weighted by atomic mass is 9.44. The van der Waals surface area contributed by atoms with E-state index in [1.807, 2.05) is 0 Å². The molecule has 1 fully saturated rings. The molecule has 13 rings (SSSR count). The van der Waals surface area contributed by atoms with E-state index in [9.17, 15) is 0 Å². The molecule has 7 aromatic carbocycles. The van der Waals surface area contributed by atoms with Crippen LogP contribution in [0.1, 0.15) is 70.1 Å². The van der Waals surface area contributed by atoms with E-state index in [4.69, 9.17) is 0 Å². The van der Waals surface area contributed by atoms with Crippen LogP contribution < -0.4 is 20.6 Å². The summed E-state index contributed by atoms with van der Waals surface area (Å²) in [6.45, 7) is 9.98. The van der Waals surface area contributed by atoms with Crippen LogP contribution in [0, 0.1) is 0 Å². The highest BCUT2D eigenvalue weighted by Crippen LogP contribution is 2.63. The summed E-state index contributed by atoms with van der Waals surface area (Å²) in [5, 5.41) is 2.70. The SMILES string of the molecule is CC1(C)c2ccccc2-c2cc3c(cc21)-c1cc(N2c4ccccc4C4(C)CCCCC24C)c2c4ccccc4n4c2c1B(c1ccccc1-4)N3c1ccccc1. The van der Waals surface area contributed by atoms with E-state index in [1.165, 1.54) is 126 Å². The van der Waals surface area contributed by atoms with E-state index in [0.717, 1.165) is 0 Å². The standard InChI is InChI=1S/C53H44BN3/c1-51(2)39-22-10-8-20-34(39)36-31-46-37(30-41(36)51)38-32-47(56-44-26-14-11-23-40(44)52(3)28-16-17-29-53(52,56)4)48-35-21-9-13-25-43(35)55-45-27-15-12-24-42(45)54(49(38)50(48)55)57(46)33-18-6-5-7-19-33/h5-15,18-27,30-32H,16-17,28-29H2,1-4H3. The summed E-state index contributed by atoms with van der Waals surface area (Å²) in [6.07, 6.45) is 4.90. The Labute approximate surface area is 335 Å². The van der Waals surface area contributed by atoms with Gasteiger partial charge in [0.1, 0.15) is 0 Å². The predicted octanol–water partition coefficient (Wildman–Crippen LogP) is 12.1. The monoisotopic (exact) mass is 733 g/mol. The fourth-order valence-corrected chi connectivity index (χ4v) is 12.7. The minimum atomic E-state index is -0.119. The van der Waals surface area contributed by atoms with E-state index in [2.05, 4.69) is 188 Å². The summed E-state index contributed by atoms with van der Waals surface area (Å²) in [4.78, 5) is 5.51. The lowest BCUT2D eigenvalue weighted by Gasteiger charge is -2.51. The molecule has 0 amide bonds. The Morgan fingerprint density at radius 3 is 2.07 bits per heavy atom. The van der Waals surface area contributed by atoms with Crippen molar-refractivity contribution < 1.29 is 0 Å². The maximum absolute atomic E-state index is 2.83. The molecule has 0 spiro atoms. The van der Waals surface area contributed by atoms with Gasteiger partial charge in [0.2, 0.25) is 0 Å². The van der Waals surface area contributed by atoms with Gasteiger partial charge in [0.15, 0.2) is 0 Å². The Kier molecular flexibility index (Phi) is 6.02. The molecule has 274 valence electrons. The molecule has 2 unspecified atom stereocenters. The summed E-state index contributed by atoms with van der Waals surface area (Å²) in [5.41, 5.74) is 21.5. The fourth-order valence-electron chi connectivity index (χ4n) is 12.7. The van der Waals surface area contributed by atoms with Crippen LogP contribution in [0.5, 0.6) is 0 Å². The quantitative estimate of drug-likeness (QED) is 0.164. The molecule has 3 nitrogen and oxygen atoms in total. The zero-order chi connectivity index (χ0) is 38.0. The molecule has 2 atom stereocenters. The van der Waals surface area contributed by atoms with Gasteiger partial charge in [-0.1, -0.05) is 131 Å². The zero-order valence-electron chi connectivity index (χ0n) is 33.1. The fraction of sp³-hybridized carbons (Fsp3) is 0.208. The van der Waals surface area contributed by atoms with Crippen LogP contribution in [0.3, 0.4) is 0 Å². The summed E-state index contributed by atoms with van der Waals surface area (Å²) in [6, 6.07) is 55.9. The molecule has 0 radical (unpaired) electrons. The highest BCUT2D eigenvalue weighted by Gasteiger charge is 2.58. The number of rotatable bonds is 2. The van der Waals surface area contributed by atoms with Gasteiger partial charge in [0.25, 0.3) is 0 Å². The number of benzene rings is 7. The minimum Gasteiger partial charge on any atom is -0.376 e. The second kappa shape index (κ2) is 10.7. The topological polar surface area (TPSA) is 11.4 Å². The number of anilines is 4. The van der Waals surface area contributed by atoms with Crippen molar-refractivity contribution in [1.82, 2.24) is 4.57 Å². The second-order valence-corrected chi connectivity index (χ2v) is 18.4. The van der Waals surface area contributed by atoms with E-state index >= 15 is 0 Å². The molecule has 8 aromatic rings. The Balaban J connectivity index is 1.23. The summed E-state index contributed by atoms with van der Waals surface area (Å²) in [5.74, 6) is 0. The highest BCUT2D eigenvalue weighted by atomic mass is 15.3. The molecule has 1 saturated carbocycles. The van der Waals surface area contributed by atoms with Crippen LogP contribution >= 0.6 is 0 Å². The molecule has 0 N–H and O–H groups in total. The number of nitrogens with zero attached hydrogens (tertiary/aromatic N) is 3. The van der Waals surface area contributed by atoms with E-state index < -0.39 is 0 Å². The maximum atomic E-state index is 2.83. The van der Waals surface area contributed by atoms with Crippen LogP contribution in [-0.4, -0.2) is 17.0 Å². The number of aromatic nitrogens is 1. The van der Waals surface area contributed by atoms with Gasteiger partial charge in [0.05, 0.1) is 22.3 Å². The third-order valence-corrected chi connectivity index (χ3v) is 15.5. The van der Waals surface area contributed by atoms with E-state index in [1.54, 1.807) is 0 Å². The molecule has 4 heterocycles. The molecule has 57 heavy (non-hydrogen) atoms. The predicted molar refractivity (Wildman–Crippen MR) is 240 cm³/mol. The first-order valence-corrected chi connectivity index (χ1v) is 21.0. The molecular weight excluding hydrogens is 689 g/mol. The van der Waals surface area contributed by atoms with Crippen molar-refractivity contribution >= 4 is 62.3 Å². The number of fused-ring (bicyclic) bond motifs is 14. The van der Waals surface area contributed by atoms with Crippen LogP contribution in [0.4, 0.5) is 22.7 Å². The zero-order valence-corrected chi connectivity index (χ0v) is 33.1. The number of hydrogen-bond donors (Lipinski definition) is 0. The normalized spacial score (nSPS) is 21.6. The third kappa shape index (κ3) is 3.72. The second-order valence-electron chi connectivity index (χ2n) is 18.4. The Hall–Kier alpha value is -6.00. The average molecular weight is 734 g/mol. The molecule has 4 heteroatoms. The summed E-state index contributed by atoms with van der Waals surface area (Å²) in [7, 11) is 0. The van der Waals surface area contributed by atoms with Gasteiger partial charge in [-0.25, -0.2) is 0 Å². The molecule has 3 aliphatic heterocycles. The maximum Gasteiger partial charge on any atom is 0.333 e. The molecule has 0 saturated heterocycles. The van der Waals surface area contributed by atoms with Gasteiger partial charge >= 0.3 is 6.85 Å². The van der Waals surface area contributed by atoms with Crippen molar-refractivity contribution in [3.8, 4) is 27.9 Å².